The van der Waals surface area contributed by atoms with Crippen LogP contribution in [0.1, 0.15) is 58.8 Å². The molecule has 3 heteroatoms. The normalized spacial score (nSPS) is 23.1. The molecule has 1 aliphatic heterocycles. The van der Waals surface area contributed by atoms with Gasteiger partial charge in [0.25, 0.3) is 0 Å². The Kier molecular flexibility index (Phi) is 6.46. The number of ether oxygens (including phenoxy) is 2. The van der Waals surface area contributed by atoms with Gasteiger partial charge in [-0.05, 0) is 13.3 Å². The minimum absolute atomic E-state index is 0.144. The fourth-order valence-electron chi connectivity index (χ4n) is 1.92. The van der Waals surface area contributed by atoms with Crippen LogP contribution in [0.5, 0.6) is 0 Å². The van der Waals surface area contributed by atoms with E-state index in [1.54, 1.807) is 0 Å². The molecule has 0 aliphatic carbocycles. The lowest BCUT2D eigenvalue weighted by Gasteiger charge is -1.99. The maximum atomic E-state index is 11.2. The fraction of sp³-hybridized carbons (Fsp3) is 0.923. The van der Waals surface area contributed by atoms with E-state index in [0.717, 1.165) is 6.42 Å². The average molecular weight is 228 g/mol. The van der Waals surface area contributed by atoms with Gasteiger partial charge in [0.15, 0.2) is 6.10 Å². The van der Waals surface area contributed by atoms with Gasteiger partial charge in [-0.2, -0.15) is 0 Å². The van der Waals surface area contributed by atoms with E-state index < -0.39 is 0 Å². The number of esters is 1. The van der Waals surface area contributed by atoms with Gasteiger partial charge < -0.3 is 9.47 Å². The van der Waals surface area contributed by atoms with Crippen LogP contribution in [0.15, 0.2) is 0 Å². The summed E-state index contributed by atoms with van der Waals surface area (Å²) < 4.78 is 10.2. The lowest BCUT2D eigenvalue weighted by Crippen LogP contribution is -2.13. The SMILES string of the molecule is CCCCCCCCC1OC1C(=O)OCC. The van der Waals surface area contributed by atoms with Crippen molar-refractivity contribution in [3.05, 3.63) is 0 Å². The first-order chi connectivity index (χ1) is 7.79. The summed E-state index contributed by atoms with van der Waals surface area (Å²) in [6.07, 6.45) is 8.60. The van der Waals surface area contributed by atoms with Gasteiger partial charge >= 0.3 is 5.97 Å². The van der Waals surface area contributed by atoms with Crippen molar-refractivity contribution in [1.29, 1.82) is 0 Å². The van der Waals surface area contributed by atoms with Crippen LogP contribution in [0.3, 0.4) is 0 Å². The number of carbonyl (C=O) groups excluding carboxylic acids is 1. The highest BCUT2D eigenvalue weighted by Crippen LogP contribution is 2.28. The number of epoxide rings is 1. The molecular weight excluding hydrogens is 204 g/mol. The first-order valence-corrected chi connectivity index (χ1v) is 6.61. The molecule has 3 nitrogen and oxygen atoms in total. The Labute approximate surface area is 98.5 Å². The lowest BCUT2D eigenvalue weighted by atomic mass is 10.1. The number of unbranched alkanes of at least 4 members (excludes halogenated alkanes) is 5. The highest BCUT2D eigenvalue weighted by molar-refractivity contribution is 5.77. The lowest BCUT2D eigenvalue weighted by molar-refractivity contribution is -0.144. The predicted octanol–water partition coefficient (Wildman–Crippen LogP) is 3.07. The van der Waals surface area contributed by atoms with Gasteiger partial charge in [-0.15, -0.1) is 0 Å². The van der Waals surface area contributed by atoms with E-state index >= 15 is 0 Å². The molecule has 1 heterocycles. The van der Waals surface area contributed by atoms with Crippen LogP contribution >= 0.6 is 0 Å². The van der Waals surface area contributed by atoms with Crippen molar-refractivity contribution in [3.8, 4) is 0 Å². The average Bonchev–Trinajstić information content (AvgIpc) is 3.03. The molecule has 1 rings (SSSR count). The molecule has 0 saturated carbocycles. The van der Waals surface area contributed by atoms with Crippen molar-refractivity contribution in [2.75, 3.05) is 6.61 Å². The zero-order valence-corrected chi connectivity index (χ0v) is 10.5. The van der Waals surface area contributed by atoms with E-state index in [-0.39, 0.29) is 18.2 Å². The van der Waals surface area contributed by atoms with Gasteiger partial charge in [0.05, 0.1) is 12.7 Å². The van der Waals surface area contributed by atoms with E-state index in [9.17, 15) is 4.79 Å². The molecular formula is C13H24O3. The van der Waals surface area contributed by atoms with Crippen LogP contribution in [0, 0.1) is 0 Å². The molecule has 94 valence electrons. The standard InChI is InChI=1S/C13H24O3/c1-3-5-6-7-8-9-10-11-12(16-11)13(14)15-4-2/h11-12H,3-10H2,1-2H3. The first-order valence-electron chi connectivity index (χ1n) is 6.61. The summed E-state index contributed by atoms with van der Waals surface area (Å²) in [5.41, 5.74) is 0. The van der Waals surface area contributed by atoms with Crippen molar-refractivity contribution < 1.29 is 14.3 Å². The molecule has 0 N–H and O–H groups in total. The zero-order chi connectivity index (χ0) is 11.8. The Bertz CT molecular complexity index is 203. The second-order valence-corrected chi connectivity index (χ2v) is 4.40. The maximum Gasteiger partial charge on any atom is 0.337 e. The molecule has 1 aliphatic rings. The van der Waals surface area contributed by atoms with Crippen molar-refractivity contribution in [1.82, 2.24) is 0 Å². The van der Waals surface area contributed by atoms with Gasteiger partial charge in [0, 0.05) is 0 Å². The first kappa shape index (κ1) is 13.5. The molecule has 1 fully saturated rings. The largest absolute Gasteiger partial charge is 0.464 e. The Morgan fingerprint density at radius 2 is 1.81 bits per heavy atom. The molecule has 2 atom stereocenters. The van der Waals surface area contributed by atoms with Crippen LogP contribution in [0.25, 0.3) is 0 Å². The smallest absolute Gasteiger partial charge is 0.337 e. The second-order valence-electron chi connectivity index (χ2n) is 4.40. The number of carbonyl (C=O) groups is 1. The summed E-state index contributed by atoms with van der Waals surface area (Å²) in [6.45, 7) is 4.49. The third-order valence-electron chi connectivity index (χ3n) is 2.94. The van der Waals surface area contributed by atoms with Crippen LogP contribution in [0.4, 0.5) is 0 Å². The van der Waals surface area contributed by atoms with Crippen molar-refractivity contribution in [2.24, 2.45) is 0 Å². The van der Waals surface area contributed by atoms with Crippen LogP contribution in [-0.4, -0.2) is 24.8 Å². The second kappa shape index (κ2) is 7.66. The zero-order valence-electron chi connectivity index (χ0n) is 10.5. The molecule has 16 heavy (non-hydrogen) atoms. The van der Waals surface area contributed by atoms with Crippen molar-refractivity contribution in [2.45, 2.75) is 71.0 Å². The third-order valence-corrected chi connectivity index (χ3v) is 2.94. The molecule has 2 unspecified atom stereocenters. The Morgan fingerprint density at radius 1 is 1.12 bits per heavy atom. The van der Waals surface area contributed by atoms with Gasteiger partial charge in [-0.1, -0.05) is 45.4 Å². The maximum absolute atomic E-state index is 11.2. The van der Waals surface area contributed by atoms with E-state index in [4.69, 9.17) is 9.47 Å². The molecule has 0 aromatic heterocycles. The van der Waals surface area contributed by atoms with E-state index in [0.29, 0.717) is 6.61 Å². The summed E-state index contributed by atoms with van der Waals surface area (Å²) in [6, 6.07) is 0. The Hall–Kier alpha value is -0.570. The molecule has 0 bridgehead atoms. The Morgan fingerprint density at radius 3 is 2.50 bits per heavy atom. The van der Waals surface area contributed by atoms with Crippen molar-refractivity contribution in [3.63, 3.8) is 0 Å². The third kappa shape index (κ3) is 4.97. The molecule has 1 saturated heterocycles. The Balaban J connectivity index is 1.90. The van der Waals surface area contributed by atoms with E-state index in [1.165, 1.54) is 38.5 Å². The topological polar surface area (TPSA) is 38.8 Å². The highest BCUT2D eigenvalue weighted by atomic mass is 16.6. The summed E-state index contributed by atoms with van der Waals surface area (Å²) in [7, 11) is 0. The number of hydrogen-bond acceptors (Lipinski definition) is 3. The summed E-state index contributed by atoms with van der Waals surface area (Å²) in [5.74, 6) is -0.182. The number of rotatable bonds is 9. The minimum atomic E-state index is -0.254. The highest BCUT2D eigenvalue weighted by Gasteiger charge is 2.45. The summed E-state index contributed by atoms with van der Waals surface area (Å²) in [5, 5.41) is 0. The fourth-order valence-corrected chi connectivity index (χ4v) is 1.92. The number of hydrogen-bond donors (Lipinski definition) is 0. The molecule has 0 radical (unpaired) electrons. The van der Waals surface area contributed by atoms with Gasteiger partial charge in [-0.25, -0.2) is 4.79 Å². The molecule has 0 aromatic rings. The molecule has 0 spiro atoms. The van der Waals surface area contributed by atoms with Gasteiger partial charge in [-0.3, -0.25) is 0 Å². The molecule has 0 aromatic carbocycles. The summed E-state index contributed by atoms with van der Waals surface area (Å²) in [4.78, 5) is 11.2. The quantitative estimate of drug-likeness (QED) is 0.346. The van der Waals surface area contributed by atoms with E-state index in [2.05, 4.69) is 6.92 Å². The van der Waals surface area contributed by atoms with Gasteiger partial charge in [0.2, 0.25) is 0 Å². The van der Waals surface area contributed by atoms with Crippen LogP contribution < -0.4 is 0 Å². The monoisotopic (exact) mass is 228 g/mol. The predicted molar refractivity (Wildman–Crippen MR) is 63.3 cm³/mol. The molecule has 0 amide bonds. The van der Waals surface area contributed by atoms with Crippen LogP contribution in [-0.2, 0) is 14.3 Å². The van der Waals surface area contributed by atoms with Crippen molar-refractivity contribution >= 4 is 5.97 Å². The van der Waals surface area contributed by atoms with E-state index in [1.807, 2.05) is 6.92 Å². The van der Waals surface area contributed by atoms with Crippen LogP contribution in [0.2, 0.25) is 0 Å². The van der Waals surface area contributed by atoms with Gasteiger partial charge in [0.1, 0.15) is 0 Å². The minimum Gasteiger partial charge on any atom is -0.464 e. The summed E-state index contributed by atoms with van der Waals surface area (Å²) >= 11 is 0.